The van der Waals surface area contributed by atoms with Gasteiger partial charge in [-0.05, 0) is 33.7 Å². The minimum atomic E-state index is -4.84. The van der Waals surface area contributed by atoms with E-state index in [4.69, 9.17) is 14.8 Å². The molecule has 0 aliphatic carbocycles. The molecule has 1 unspecified atom stereocenters. The van der Waals surface area contributed by atoms with E-state index in [0.29, 0.717) is 11.8 Å². The summed E-state index contributed by atoms with van der Waals surface area (Å²) in [6.07, 6.45) is -1.16. The molecule has 154 valence electrons. The summed E-state index contributed by atoms with van der Waals surface area (Å²) in [6.45, 7) is 9.12. The minimum absolute atomic E-state index is 0.587. The van der Waals surface area contributed by atoms with Crippen molar-refractivity contribution in [3.05, 3.63) is 47.5 Å². The van der Waals surface area contributed by atoms with Crippen LogP contribution in [0, 0.1) is 0 Å². The molecule has 0 fully saturated rings. The molecule has 2 rings (SSSR count). The predicted octanol–water partition coefficient (Wildman–Crippen LogP) is 3.89. The van der Waals surface area contributed by atoms with Gasteiger partial charge in [-0.15, -0.1) is 0 Å². The van der Waals surface area contributed by atoms with Crippen molar-refractivity contribution in [2.24, 2.45) is 0 Å². The van der Waals surface area contributed by atoms with Crippen molar-refractivity contribution >= 4 is 32.8 Å². The van der Waals surface area contributed by atoms with Crippen molar-refractivity contribution in [1.29, 1.82) is 0 Å². The van der Waals surface area contributed by atoms with Gasteiger partial charge in [-0.25, -0.2) is 0 Å². The number of aliphatic carboxylic acids is 2. The quantitative estimate of drug-likeness (QED) is 0.616. The number of fused-ring (bicyclic) bond motifs is 1. The number of carboxylic acids is 2. The van der Waals surface area contributed by atoms with Crippen molar-refractivity contribution in [3.8, 4) is 0 Å². The van der Waals surface area contributed by atoms with Gasteiger partial charge in [-0.2, -0.15) is 8.42 Å². The maximum absolute atomic E-state index is 10.2. The van der Waals surface area contributed by atoms with Gasteiger partial charge >= 0.3 is 11.9 Å². The average Bonchev–Trinajstić information content (AvgIpc) is 2.57. The first-order chi connectivity index (χ1) is 12.9. The van der Waals surface area contributed by atoms with E-state index in [0.717, 1.165) is 0 Å². The van der Waals surface area contributed by atoms with E-state index in [9.17, 15) is 18.0 Å². The Hall–Kier alpha value is -2.45. The van der Waals surface area contributed by atoms with Crippen LogP contribution in [0.4, 0.5) is 0 Å². The van der Waals surface area contributed by atoms with Crippen LogP contribution < -0.4 is 0 Å². The predicted molar refractivity (Wildman–Crippen MR) is 107 cm³/mol. The van der Waals surface area contributed by atoms with Gasteiger partial charge in [0.05, 0.1) is 6.42 Å². The number of rotatable bonds is 6. The third-order valence-corrected chi connectivity index (χ3v) is 5.29. The molecule has 0 heterocycles. The van der Waals surface area contributed by atoms with Gasteiger partial charge in [-0.1, -0.05) is 64.1 Å². The highest BCUT2D eigenvalue weighted by Gasteiger charge is 2.33. The zero-order valence-electron chi connectivity index (χ0n) is 16.3. The molecule has 0 aliphatic heterocycles. The Bertz CT molecular complexity index is 946. The first-order valence-electron chi connectivity index (χ1n) is 8.78. The Morgan fingerprint density at radius 3 is 1.89 bits per heavy atom. The molecule has 0 amide bonds. The van der Waals surface area contributed by atoms with Gasteiger partial charge in [0.15, 0.2) is 5.25 Å². The van der Waals surface area contributed by atoms with Crippen LogP contribution in [-0.4, -0.2) is 40.4 Å². The van der Waals surface area contributed by atoms with Crippen LogP contribution >= 0.6 is 0 Å². The fraction of sp³-hybridized carbons (Fsp3) is 0.400. The zero-order chi connectivity index (χ0) is 21.6. The van der Waals surface area contributed by atoms with Crippen molar-refractivity contribution in [2.45, 2.75) is 51.2 Å². The lowest BCUT2D eigenvalue weighted by molar-refractivity contribution is -0.143. The normalized spacial score (nSPS) is 12.5. The molecular formula is C20H26O7S. The third-order valence-electron chi connectivity index (χ3n) is 4.20. The molecular weight excluding hydrogens is 384 g/mol. The van der Waals surface area contributed by atoms with E-state index in [1.165, 1.54) is 21.9 Å². The molecule has 0 saturated heterocycles. The monoisotopic (exact) mass is 410 g/mol. The summed E-state index contributed by atoms with van der Waals surface area (Å²) in [4.78, 5) is 20.0. The van der Waals surface area contributed by atoms with Crippen molar-refractivity contribution < 1.29 is 32.8 Å². The van der Waals surface area contributed by atoms with Crippen LogP contribution in [0.1, 0.15) is 57.1 Å². The summed E-state index contributed by atoms with van der Waals surface area (Å²) in [7, 11) is -4.84. The van der Waals surface area contributed by atoms with E-state index in [-0.39, 0.29) is 0 Å². The Kier molecular flexibility index (Phi) is 8.14. The largest absolute Gasteiger partial charge is 0.481 e. The Labute approximate surface area is 164 Å². The maximum atomic E-state index is 10.2. The molecule has 0 aliphatic rings. The van der Waals surface area contributed by atoms with Gasteiger partial charge in [0.1, 0.15) is 0 Å². The fourth-order valence-corrected chi connectivity index (χ4v) is 3.55. The summed E-state index contributed by atoms with van der Waals surface area (Å²) in [6, 6.07) is 13.2. The van der Waals surface area contributed by atoms with E-state index in [2.05, 4.69) is 64.1 Å². The summed E-state index contributed by atoms with van der Waals surface area (Å²) in [5.41, 5.74) is 3.02. The summed E-state index contributed by atoms with van der Waals surface area (Å²) >= 11 is 0. The molecule has 1 atom stereocenters. The molecule has 0 saturated carbocycles. The Morgan fingerprint density at radius 1 is 0.929 bits per heavy atom. The summed E-state index contributed by atoms with van der Waals surface area (Å²) in [5, 5.41) is 16.7. The topological polar surface area (TPSA) is 129 Å². The second-order valence-corrected chi connectivity index (χ2v) is 8.64. The number of hydrogen-bond acceptors (Lipinski definition) is 4. The Morgan fingerprint density at radius 2 is 1.50 bits per heavy atom. The molecule has 8 heteroatoms. The number of benzene rings is 2. The zero-order valence-corrected chi connectivity index (χ0v) is 17.1. The van der Waals surface area contributed by atoms with E-state index in [1.54, 1.807) is 0 Å². The van der Waals surface area contributed by atoms with Gasteiger partial charge < -0.3 is 10.2 Å². The number of carbonyl (C=O) groups is 2. The maximum Gasteiger partial charge on any atom is 0.325 e. The van der Waals surface area contributed by atoms with Crippen molar-refractivity contribution in [3.63, 3.8) is 0 Å². The molecule has 3 N–H and O–H groups in total. The van der Waals surface area contributed by atoms with Crippen LogP contribution in [0.25, 0.3) is 10.8 Å². The van der Waals surface area contributed by atoms with Crippen molar-refractivity contribution in [2.75, 3.05) is 0 Å². The molecule has 0 aromatic heterocycles. The summed E-state index contributed by atoms with van der Waals surface area (Å²) < 4.78 is 28.7. The number of carboxylic acid groups (broad SMARTS) is 2. The first kappa shape index (κ1) is 23.6. The third kappa shape index (κ3) is 6.31. The van der Waals surface area contributed by atoms with Gasteiger partial charge in [-0.3, -0.25) is 14.1 Å². The fourth-order valence-electron chi connectivity index (χ4n) is 2.94. The summed E-state index contributed by atoms with van der Waals surface area (Å²) in [5.74, 6) is -2.31. The highest BCUT2D eigenvalue weighted by Crippen LogP contribution is 2.32. The van der Waals surface area contributed by atoms with Crippen LogP contribution in [0.3, 0.4) is 0 Å². The second kappa shape index (κ2) is 9.66. The van der Waals surface area contributed by atoms with Crippen LogP contribution in [0.15, 0.2) is 36.4 Å². The highest BCUT2D eigenvalue weighted by atomic mass is 32.2. The second-order valence-electron chi connectivity index (χ2n) is 7.04. The van der Waals surface area contributed by atoms with E-state index in [1.807, 2.05) is 0 Å². The molecule has 2 aromatic carbocycles. The minimum Gasteiger partial charge on any atom is -0.481 e. The lowest BCUT2D eigenvalue weighted by Crippen LogP contribution is -2.31. The molecule has 7 nitrogen and oxygen atoms in total. The first-order valence-corrected chi connectivity index (χ1v) is 10.3. The molecule has 0 bridgehead atoms. The van der Waals surface area contributed by atoms with Gasteiger partial charge in [0.2, 0.25) is 0 Å². The SMILES string of the molecule is CC(C)c1ccc2ccccc2c1C(C)C.O=C(O)CC(C(=O)O)S(=O)(=O)O. The van der Waals surface area contributed by atoms with Gasteiger partial charge in [0, 0.05) is 0 Å². The smallest absolute Gasteiger partial charge is 0.325 e. The molecule has 0 radical (unpaired) electrons. The molecule has 2 aromatic rings. The average molecular weight is 410 g/mol. The van der Waals surface area contributed by atoms with Crippen molar-refractivity contribution in [1.82, 2.24) is 0 Å². The van der Waals surface area contributed by atoms with Crippen LogP contribution in [0.5, 0.6) is 0 Å². The van der Waals surface area contributed by atoms with Crippen LogP contribution in [-0.2, 0) is 19.7 Å². The van der Waals surface area contributed by atoms with Crippen LogP contribution in [0.2, 0.25) is 0 Å². The molecule has 28 heavy (non-hydrogen) atoms. The standard InChI is InChI=1S/C16H20.C4H6O7S/c1-11(2)14-10-9-13-7-5-6-8-15(13)16(14)12(3)4;5-3(6)1-2(4(7)8)12(9,10)11/h5-12H,1-4H3;2H,1H2,(H,5,6)(H,7,8)(H,9,10,11). The molecule has 0 spiro atoms. The van der Waals surface area contributed by atoms with E-state index < -0.39 is 33.7 Å². The lowest BCUT2D eigenvalue weighted by atomic mass is 9.86. The Balaban J connectivity index is 0.000000295. The highest BCUT2D eigenvalue weighted by molar-refractivity contribution is 7.87. The van der Waals surface area contributed by atoms with Gasteiger partial charge in [0.25, 0.3) is 10.1 Å². The lowest BCUT2D eigenvalue weighted by Gasteiger charge is -2.18. The van der Waals surface area contributed by atoms with E-state index >= 15 is 0 Å². The number of hydrogen-bond donors (Lipinski definition) is 3.